The number of hydrogen-bond acceptors (Lipinski definition) is 5. The molecule has 27 heavy (non-hydrogen) atoms. The Balaban J connectivity index is 1.96. The molecule has 0 spiro atoms. The predicted octanol–water partition coefficient (Wildman–Crippen LogP) is 0.449. The summed E-state index contributed by atoms with van der Waals surface area (Å²) in [5, 5.41) is 8.90. The lowest BCUT2D eigenvalue weighted by Gasteiger charge is -2.27. The molecule has 0 unspecified atom stereocenters. The van der Waals surface area contributed by atoms with Gasteiger partial charge in [0.25, 0.3) is 0 Å². The molecule has 0 radical (unpaired) electrons. The lowest BCUT2D eigenvalue weighted by Crippen LogP contribution is -2.39. The highest BCUT2D eigenvalue weighted by atomic mass is 16.5. The lowest BCUT2D eigenvalue weighted by molar-refractivity contribution is -0.123. The zero-order valence-corrected chi connectivity index (χ0v) is 16.6. The van der Waals surface area contributed by atoms with Crippen LogP contribution in [0.3, 0.4) is 0 Å². The van der Waals surface area contributed by atoms with E-state index in [1.165, 1.54) is 0 Å². The van der Waals surface area contributed by atoms with Crippen molar-refractivity contribution >= 4 is 17.7 Å². The van der Waals surface area contributed by atoms with Crippen LogP contribution >= 0.6 is 0 Å². The minimum absolute atomic E-state index is 0.0275. The molecule has 0 atom stereocenters. The topological polar surface area (TPSA) is 123 Å². The first-order valence-corrected chi connectivity index (χ1v) is 10.1. The zero-order valence-electron chi connectivity index (χ0n) is 16.6. The van der Waals surface area contributed by atoms with Crippen molar-refractivity contribution in [3.8, 4) is 0 Å². The van der Waals surface area contributed by atoms with E-state index in [9.17, 15) is 14.4 Å². The van der Waals surface area contributed by atoms with E-state index in [-0.39, 0.29) is 29.7 Å². The molecule has 0 bridgehead atoms. The number of nitrogens with one attached hydrogen (secondary N) is 3. The first-order chi connectivity index (χ1) is 13.0. The molecule has 0 aromatic heterocycles. The number of carbonyl (C=O) groups is 3. The van der Waals surface area contributed by atoms with Crippen LogP contribution in [0.15, 0.2) is 0 Å². The standard InChI is InChI=1S/C19H36N4O4/c1-21-11-3-13-27-14-4-12-22-17(24)5-2-6-18(25)23-16-9-7-15(8-10-16)19(20)26/h15-16,21H,2-14H2,1H3,(H2,20,26)(H,22,24)(H,23,25). The van der Waals surface area contributed by atoms with Gasteiger partial charge in [0.15, 0.2) is 0 Å². The predicted molar refractivity (Wildman–Crippen MR) is 104 cm³/mol. The number of rotatable bonds is 14. The third kappa shape index (κ3) is 11.6. The van der Waals surface area contributed by atoms with Crippen LogP contribution < -0.4 is 21.7 Å². The summed E-state index contributed by atoms with van der Waals surface area (Å²) in [5.41, 5.74) is 5.31. The van der Waals surface area contributed by atoms with Crippen LogP contribution in [0.1, 0.15) is 57.8 Å². The fourth-order valence-corrected chi connectivity index (χ4v) is 3.18. The second-order valence-corrected chi connectivity index (χ2v) is 7.14. The van der Waals surface area contributed by atoms with Crippen LogP contribution in [-0.4, -0.2) is 57.1 Å². The number of ether oxygens (including phenoxy) is 1. The average Bonchev–Trinajstić information content (AvgIpc) is 2.64. The highest BCUT2D eigenvalue weighted by Gasteiger charge is 2.25. The van der Waals surface area contributed by atoms with E-state index in [4.69, 9.17) is 10.5 Å². The van der Waals surface area contributed by atoms with Gasteiger partial charge in [-0.3, -0.25) is 14.4 Å². The summed E-state index contributed by atoms with van der Waals surface area (Å²) in [5.74, 6) is -0.355. The molecule has 1 aliphatic rings. The summed E-state index contributed by atoms with van der Waals surface area (Å²) < 4.78 is 5.45. The highest BCUT2D eigenvalue weighted by molar-refractivity contribution is 5.79. The van der Waals surface area contributed by atoms with Crippen molar-refractivity contribution in [1.82, 2.24) is 16.0 Å². The van der Waals surface area contributed by atoms with E-state index in [0.717, 1.165) is 51.7 Å². The monoisotopic (exact) mass is 384 g/mol. The summed E-state index contributed by atoms with van der Waals surface area (Å²) >= 11 is 0. The minimum atomic E-state index is -0.244. The fourth-order valence-electron chi connectivity index (χ4n) is 3.18. The van der Waals surface area contributed by atoms with E-state index in [1.54, 1.807) is 0 Å². The Bertz CT molecular complexity index is 451. The number of nitrogens with two attached hydrogens (primary N) is 1. The van der Waals surface area contributed by atoms with Gasteiger partial charge < -0.3 is 26.4 Å². The quantitative estimate of drug-likeness (QED) is 0.324. The zero-order chi connectivity index (χ0) is 19.9. The van der Waals surface area contributed by atoms with Gasteiger partial charge in [-0.25, -0.2) is 0 Å². The van der Waals surface area contributed by atoms with Gasteiger partial charge in [-0.2, -0.15) is 0 Å². The largest absolute Gasteiger partial charge is 0.381 e. The van der Waals surface area contributed by atoms with Gasteiger partial charge in [0.05, 0.1) is 0 Å². The lowest BCUT2D eigenvalue weighted by atomic mass is 9.85. The second kappa shape index (κ2) is 14.4. The van der Waals surface area contributed by atoms with Crippen molar-refractivity contribution in [2.24, 2.45) is 11.7 Å². The molecule has 1 aliphatic carbocycles. The summed E-state index contributed by atoms with van der Waals surface area (Å²) in [7, 11) is 1.91. The van der Waals surface area contributed by atoms with Gasteiger partial charge >= 0.3 is 0 Å². The second-order valence-electron chi connectivity index (χ2n) is 7.14. The van der Waals surface area contributed by atoms with Crippen molar-refractivity contribution in [3.63, 3.8) is 0 Å². The van der Waals surface area contributed by atoms with Gasteiger partial charge in [-0.05, 0) is 58.5 Å². The van der Waals surface area contributed by atoms with Crippen molar-refractivity contribution < 1.29 is 19.1 Å². The molecule has 8 nitrogen and oxygen atoms in total. The third-order valence-corrected chi connectivity index (χ3v) is 4.81. The Labute approximate surface area is 162 Å². The van der Waals surface area contributed by atoms with E-state index in [0.29, 0.717) is 32.4 Å². The Morgan fingerprint density at radius 3 is 2.19 bits per heavy atom. The number of hydrogen-bond donors (Lipinski definition) is 4. The normalized spacial score (nSPS) is 19.4. The maximum atomic E-state index is 12.0. The third-order valence-electron chi connectivity index (χ3n) is 4.81. The van der Waals surface area contributed by atoms with E-state index >= 15 is 0 Å². The Hall–Kier alpha value is -1.67. The fraction of sp³-hybridized carbons (Fsp3) is 0.842. The van der Waals surface area contributed by atoms with Crippen molar-refractivity contribution in [2.45, 2.75) is 63.8 Å². The molecule has 0 aliphatic heterocycles. The molecule has 3 amide bonds. The number of carbonyl (C=O) groups excluding carboxylic acids is 3. The molecule has 0 heterocycles. The Morgan fingerprint density at radius 2 is 1.56 bits per heavy atom. The average molecular weight is 385 g/mol. The van der Waals surface area contributed by atoms with Crippen LogP contribution in [0.4, 0.5) is 0 Å². The molecule has 1 saturated carbocycles. The summed E-state index contributed by atoms with van der Waals surface area (Å²) in [4.78, 5) is 34.9. The number of primary amides is 1. The van der Waals surface area contributed by atoms with Gasteiger partial charge in [-0.15, -0.1) is 0 Å². The van der Waals surface area contributed by atoms with Crippen LogP contribution in [0, 0.1) is 5.92 Å². The smallest absolute Gasteiger partial charge is 0.220 e. The summed E-state index contributed by atoms with van der Waals surface area (Å²) in [6.07, 6.45) is 6.06. The molecule has 5 N–H and O–H groups in total. The summed E-state index contributed by atoms with van der Waals surface area (Å²) in [6.45, 7) is 2.91. The van der Waals surface area contributed by atoms with Gasteiger partial charge in [0.1, 0.15) is 0 Å². The van der Waals surface area contributed by atoms with Gasteiger partial charge in [-0.1, -0.05) is 0 Å². The molecule has 1 fully saturated rings. The first-order valence-electron chi connectivity index (χ1n) is 10.1. The first kappa shape index (κ1) is 23.4. The maximum Gasteiger partial charge on any atom is 0.220 e. The van der Waals surface area contributed by atoms with E-state index in [1.807, 2.05) is 7.05 Å². The van der Waals surface area contributed by atoms with Gasteiger partial charge in [0, 0.05) is 44.6 Å². The van der Waals surface area contributed by atoms with Crippen LogP contribution in [0.25, 0.3) is 0 Å². The van der Waals surface area contributed by atoms with Gasteiger partial charge in [0.2, 0.25) is 17.7 Å². The van der Waals surface area contributed by atoms with Crippen molar-refractivity contribution in [3.05, 3.63) is 0 Å². The van der Waals surface area contributed by atoms with E-state index in [2.05, 4.69) is 16.0 Å². The van der Waals surface area contributed by atoms with Crippen molar-refractivity contribution in [1.29, 1.82) is 0 Å². The van der Waals surface area contributed by atoms with Crippen LogP contribution in [0.2, 0.25) is 0 Å². The van der Waals surface area contributed by atoms with E-state index < -0.39 is 0 Å². The molecule has 156 valence electrons. The van der Waals surface area contributed by atoms with Crippen LogP contribution in [-0.2, 0) is 19.1 Å². The maximum absolute atomic E-state index is 12.0. The molecule has 1 rings (SSSR count). The molecular weight excluding hydrogens is 348 g/mol. The Kier molecular flexibility index (Phi) is 12.5. The van der Waals surface area contributed by atoms with Crippen LogP contribution in [0.5, 0.6) is 0 Å². The molecule has 0 aromatic carbocycles. The Morgan fingerprint density at radius 1 is 0.926 bits per heavy atom. The molecule has 0 aromatic rings. The SMILES string of the molecule is CNCCCOCCCNC(=O)CCCC(=O)NC1CCC(C(N)=O)CC1. The summed E-state index contributed by atoms with van der Waals surface area (Å²) in [6, 6.07) is 0.120. The van der Waals surface area contributed by atoms with Crippen molar-refractivity contribution in [2.75, 3.05) is 33.4 Å². The minimum Gasteiger partial charge on any atom is -0.381 e. The molecular formula is C19H36N4O4. The molecule has 0 saturated heterocycles. The highest BCUT2D eigenvalue weighted by Crippen LogP contribution is 2.23. The molecule has 8 heteroatoms. The number of amides is 3.